The SMILES string of the molecule is CC=Cc1ccc(=O)n2c1C1CC(CN(Cc3ccc(CO)o3)C1)C2. The van der Waals surface area contributed by atoms with Gasteiger partial charge in [-0.2, -0.15) is 0 Å². The summed E-state index contributed by atoms with van der Waals surface area (Å²) < 4.78 is 7.64. The van der Waals surface area contributed by atoms with Gasteiger partial charge in [0.2, 0.25) is 0 Å². The van der Waals surface area contributed by atoms with Crippen LogP contribution in [0.3, 0.4) is 0 Å². The highest BCUT2D eigenvalue weighted by molar-refractivity contribution is 5.53. The van der Waals surface area contributed by atoms with Crippen molar-refractivity contribution < 1.29 is 9.52 Å². The number of piperidine rings is 1. The lowest BCUT2D eigenvalue weighted by atomic mass is 9.81. The Balaban J connectivity index is 1.61. The van der Waals surface area contributed by atoms with Crippen LogP contribution in [0.15, 0.2) is 39.6 Å². The summed E-state index contributed by atoms with van der Waals surface area (Å²) >= 11 is 0. The molecule has 2 atom stereocenters. The van der Waals surface area contributed by atoms with Gasteiger partial charge in [-0.15, -0.1) is 0 Å². The molecule has 1 fully saturated rings. The van der Waals surface area contributed by atoms with Crippen LogP contribution in [0.1, 0.15) is 42.0 Å². The van der Waals surface area contributed by atoms with E-state index in [1.165, 1.54) is 5.69 Å². The second-order valence-corrected chi connectivity index (χ2v) is 7.14. The summed E-state index contributed by atoms with van der Waals surface area (Å²) in [6, 6.07) is 7.42. The Morgan fingerprint density at radius 2 is 2.04 bits per heavy atom. The molecular formula is C20H24N2O3. The Morgan fingerprint density at radius 1 is 1.20 bits per heavy atom. The number of hydrogen-bond donors (Lipinski definition) is 1. The van der Waals surface area contributed by atoms with Gasteiger partial charge in [-0.3, -0.25) is 9.69 Å². The largest absolute Gasteiger partial charge is 0.462 e. The zero-order valence-corrected chi connectivity index (χ0v) is 14.5. The van der Waals surface area contributed by atoms with E-state index in [1.807, 2.05) is 35.8 Å². The van der Waals surface area contributed by atoms with Crippen LogP contribution in [0.4, 0.5) is 0 Å². The summed E-state index contributed by atoms with van der Waals surface area (Å²) in [7, 11) is 0. The van der Waals surface area contributed by atoms with Gasteiger partial charge in [0.05, 0.1) is 6.54 Å². The fraction of sp³-hybridized carbons (Fsp3) is 0.450. The van der Waals surface area contributed by atoms with Gasteiger partial charge < -0.3 is 14.1 Å². The second kappa shape index (κ2) is 6.65. The fourth-order valence-corrected chi connectivity index (χ4v) is 4.41. The van der Waals surface area contributed by atoms with E-state index in [-0.39, 0.29) is 12.2 Å². The van der Waals surface area contributed by atoms with Gasteiger partial charge in [0.1, 0.15) is 18.1 Å². The summed E-state index contributed by atoms with van der Waals surface area (Å²) in [5.41, 5.74) is 2.46. The summed E-state index contributed by atoms with van der Waals surface area (Å²) in [6.45, 7) is 5.41. The summed E-state index contributed by atoms with van der Waals surface area (Å²) in [6.07, 6.45) is 5.28. The maximum atomic E-state index is 12.3. The predicted octanol–water partition coefficient (Wildman–Crippen LogP) is 2.59. The van der Waals surface area contributed by atoms with Crippen molar-refractivity contribution >= 4 is 6.08 Å². The third-order valence-corrected chi connectivity index (χ3v) is 5.30. The molecule has 2 aromatic heterocycles. The van der Waals surface area contributed by atoms with E-state index in [9.17, 15) is 4.79 Å². The number of aromatic nitrogens is 1. The maximum absolute atomic E-state index is 12.3. The van der Waals surface area contributed by atoms with Crippen molar-refractivity contribution in [2.24, 2.45) is 5.92 Å². The van der Waals surface area contributed by atoms with Crippen LogP contribution < -0.4 is 5.56 Å². The Bertz CT molecular complexity index is 849. The third kappa shape index (κ3) is 3.10. The van der Waals surface area contributed by atoms with Crippen LogP contribution in [0.5, 0.6) is 0 Å². The molecule has 0 aromatic carbocycles. The number of hydrogen-bond acceptors (Lipinski definition) is 4. The number of aliphatic hydroxyl groups is 1. The zero-order chi connectivity index (χ0) is 17.4. The minimum absolute atomic E-state index is 0.0613. The first-order chi connectivity index (χ1) is 12.2. The molecule has 5 nitrogen and oxygen atoms in total. The normalized spacial score (nSPS) is 23.1. The molecule has 5 heteroatoms. The monoisotopic (exact) mass is 340 g/mol. The fourth-order valence-electron chi connectivity index (χ4n) is 4.41. The molecule has 2 aliphatic heterocycles. The van der Waals surface area contributed by atoms with Gasteiger partial charge in [0.25, 0.3) is 5.56 Å². The molecule has 0 saturated carbocycles. The van der Waals surface area contributed by atoms with Gasteiger partial charge in [0, 0.05) is 37.3 Å². The molecule has 1 N–H and O–H groups in total. The number of nitrogens with zero attached hydrogens (tertiary/aromatic N) is 2. The first-order valence-electron chi connectivity index (χ1n) is 8.95. The van der Waals surface area contributed by atoms with Gasteiger partial charge >= 0.3 is 0 Å². The Labute approximate surface area is 147 Å². The number of furan rings is 1. The Morgan fingerprint density at radius 3 is 2.80 bits per heavy atom. The molecule has 2 unspecified atom stereocenters. The van der Waals surface area contributed by atoms with E-state index in [0.29, 0.717) is 17.6 Å². The average Bonchev–Trinajstić information content (AvgIpc) is 3.05. The average molecular weight is 340 g/mol. The lowest BCUT2D eigenvalue weighted by Gasteiger charge is -2.43. The van der Waals surface area contributed by atoms with Gasteiger partial charge in [-0.1, -0.05) is 12.2 Å². The maximum Gasteiger partial charge on any atom is 0.250 e. The standard InChI is InChI=1S/C20H24N2O3/c1-2-3-15-4-7-19(24)22-10-14-8-16(20(15)22)11-21(9-14)12-17-5-6-18(13-23)25-17/h2-7,14,16,23H,8-13H2,1H3. The number of allylic oxidation sites excluding steroid dienone is 1. The highest BCUT2D eigenvalue weighted by Crippen LogP contribution is 2.37. The smallest absolute Gasteiger partial charge is 0.250 e. The van der Waals surface area contributed by atoms with E-state index in [2.05, 4.69) is 11.0 Å². The number of rotatable bonds is 4. The van der Waals surface area contributed by atoms with E-state index in [1.54, 1.807) is 6.07 Å². The van der Waals surface area contributed by atoms with Crippen molar-refractivity contribution in [3.05, 3.63) is 63.5 Å². The van der Waals surface area contributed by atoms with Crippen molar-refractivity contribution in [2.75, 3.05) is 13.1 Å². The van der Waals surface area contributed by atoms with Gasteiger partial charge in [-0.05, 0) is 43.0 Å². The van der Waals surface area contributed by atoms with Crippen molar-refractivity contribution in [2.45, 2.75) is 39.0 Å². The van der Waals surface area contributed by atoms with Crippen molar-refractivity contribution in [1.82, 2.24) is 9.47 Å². The number of pyridine rings is 1. The van der Waals surface area contributed by atoms with Crippen LogP contribution in [0, 0.1) is 5.92 Å². The molecule has 1 saturated heterocycles. The number of likely N-dealkylation sites (tertiary alicyclic amines) is 1. The molecule has 2 bridgehead atoms. The van der Waals surface area contributed by atoms with Crippen LogP contribution in [-0.2, 0) is 19.7 Å². The summed E-state index contributed by atoms with van der Waals surface area (Å²) in [5, 5.41) is 9.16. The molecule has 25 heavy (non-hydrogen) atoms. The first-order valence-corrected chi connectivity index (χ1v) is 8.95. The summed E-state index contributed by atoms with van der Waals surface area (Å²) in [5.74, 6) is 2.37. The summed E-state index contributed by atoms with van der Waals surface area (Å²) in [4.78, 5) is 14.8. The lowest BCUT2D eigenvalue weighted by Crippen LogP contribution is -2.47. The first kappa shape index (κ1) is 16.4. The predicted molar refractivity (Wildman–Crippen MR) is 96.2 cm³/mol. The quantitative estimate of drug-likeness (QED) is 0.929. The van der Waals surface area contributed by atoms with Crippen molar-refractivity contribution in [3.63, 3.8) is 0 Å². The number of fused-ring (bicyclic) bond motifs is 4. The Kier molecular flexibility index (Phi) is 4.36. The van der Waals surface area contributed by atoms with Crippen molar-refractivity contribution in [3.8, 4) is 0 Å². The third-order valence-electron chi connectivity index (χ3n) is 5.30. The van der Waals surface area contributed by atoms with E-state index >= 15 is 0 Å². The van der Waals surface area contributed by atoms with E-state index in [0.717, 1.165) is 43.9 Å². The molecule has 0 amide bonds. The minimum atomic E-state index is -0.0613. The topological polar surface area (TPSA) is 58.6 Å². The van der Waals surface area contributed by atoms with Gasteiger partial charge in [0.15, 0.2) is 0 Å². The van der Waals surface area contributed by atoms with E-state index in [4.69, 9.17) is 9.52 Å². The second-order valence-electron chi connectivity index (χ2n) is 7.14. The van der Waals surface area contributed by atoms with Gasteiger partial charge in [-0.25, -0.2) is 0 Å². The highest BCUT2D eigenvalue weighted by atomic mass is 16.4. The molecule has 2 aromatic rings. The molecule has 0 radical (unpaired) electrons. The highest BCUT2D eigenvalue weighted by Gasteiger charge is 2.35. The molecule has 0 spiro atoms. The Hall–Kier alpha value is -2.11. The minimum Gasteiger partial charge on any atom is -0.462 e. The van der Waals surface area contributed by atoms with Crippen LogP contribution >= 0.6 is 0 Å². The number of aliphatic hydroxyl groups excluding tert-OH is 1. The lowest BCUT2D eigenvalue weighted by molar-refractivity contribution is 0.106. The molecular weight excluding hydrogens is 316 g/mol. The zero-order valence-electron chi connectivity index (χ0n) is 14.5. The molecule has 4 heterocycles. The molecule has 0 aliphatic carbocycles. The van der Waals surface area contributed by atoms with Crippen molar-refractivity contribution in [1.29, 1.82) is 0 Å². The molecule has 132 valence electrons. The van der Waals surface area contributed by atoms with E-state index < -0.39 is 0 Å². The van der Waals surface area contributed by atoms with Crippen LogP contribution in [0.25, 0.3) is 6.08 Å². The van der Waals surface area contributed by atoms with Crippen LogP contribution in [0.2, 0.25) is 0 Å². The van der Waals surface area contributed by atoms with Crippen LogP contribution in [-0.4, -0.2) is 27.7 Å². The molecule has 4 rings (SSSR count). The molecule has 2 aliphatic rings.